The molecule has 0 atom stereocenters. The van der Waals surface area contributed by atoms with E-state index in [0.717, 1.165) is 16.3 Å². The molecular formula is C27H18ClNO2. The number of aromatic nitrogens is 1. The minimum absolute atomic E-state index is 0.0953. The molecule has 5 aromatic rings. The maximum absolute atomic E-state index is 13.6. The fourth-order valence-corrected chi connectivity index (χ4v) is 4.29. The first-order valence-electron chi connectivity index (χ1n) is 9.98. The van der Waals surface area contributed by atoms with Gasteiger partial charge in [0.15, 0.2) is 5.78 Å². The largest absolute Gasteiger partial charge is 0.312 e. The maximum atomic E-state index is 13.6. The minimum Gasteiger partial charge on any atom is -0.312 e. The van der Waals surface area contributed by atoms with Crippen LogP contribution in [0.1, 0.15) is 37.5 Å². The number of pyridine rings is 1. The molecule has 31 heavy (non-hydrogen) atoms. The van der Waals surface area contributed by atoms with Crippen molar-refractivity contribution in [3.8, 4) is 0 Å². The predicted molar refractivity (Wildman–Crippen MR) is 124 cm³/mol. The molecule has 150 valence electrons. The second-order valence-electron chi connectivity index (χ2n) is 7.50. The first-order valence-corrected chi connectivity index (χ1v) is 10.4. The molecule has 0 aliphatic rings. The molecule has 0 bridgehead atoms. The van der Waals surface area contributed by atoms with Crippen molar-refractivity contribution in [3.05, 3.63) is 124 Å². The van der Waals surface area contributed by atoms with Crippen LogP contribution in [0.5, 0.6) is 0 Å². The van der Waals surface area contributed by atoms with Crippen LogP contribution in [0.4, 0.5) is 0 Å². The maximum Gasteiger partial charge on any atom is 0.210 e. The number of rotatable bonds is 4. The van der Waals surface area contributed by atoms with Gasteiger partial charge in [-0.3, -0.25) is 9.59 Å². The van der Waals surface area contributed by atoms with E-state index in [1.165, 1.54) is 0 Å². The number of carbonyl (C=O) groups is 2. The van der Waals surface area contributed by atoms with Gasteiger partial charge in [0.25, 0.3) is 0 Å². The Morgan fingerprint density at radius 2 is 1.39 bits per heavy atom. The molecule has 5 rings (SSSR count). The number of nitrogens with zero attached hydrogens (tertiary/aromatic N) is 1. The van der Waals surface area contributed by atoms with Gasteiger partial charge in [-0.1, -0.05) is 66.2 Å². The number of carbonyl (C=O) groups excluding carboxylic acids is 2. The first-order chi connectivity index (χ1) is 15.1. The Balaban J connectivity index is 1.84. The molecule has 0 amide bonds. The molecule has 0 unspecified atom stereocenters. The second kappa shape index (κ2) is 7.53. The van der Waals surface area contributed by atoms with Crippen molar-refractivity contribution in [2.45, 2.75) is 6.92 Å². The third kappa shape index (κ3) is 3.15. The number of hydrogen-bond donors (Lipinski definition) is 0. The molecule has 2 aromatic heterocycles. The van der Waals surface area contributed by atoms with Gasteiger partial charge in [0, 0.05) is 27.7 Å². The van der Waals surface area contributed by atoms with Crippen LogP contribution in [0.2, 0.25) is 5.02 Å². The zero-order chi connectivity index (χ0) is 21.5. The minimum atomic E-state index is -0.147. The lowest BCUT2D eigenvalue weighted by atomic mass is 9.97. The highest BCUT2D eigenvalue weighted by atomic mass is 35.5. The summed E-state index contributed by atoms with van der Waals surface area (Å²) in [6.45, 7) is 1.85. The van der Waals surface area contributed by atoms with Crippen molar-refractivity contribution in [2.24, 2.45) is 0 Å². The molecule has 3 nitrogen and oxygen atoms in total. The zero-order valence-corrected chi connectivity index (χ0v) is 17.6. The Hall–Kier alpha value is -3.69. The fraction of sp³-hybridized carbons (Fsp3) is 0.0370. The molecule has 0 aliphatic heterocycles. The molecule has 4 heteroatoms. The molecule has 0 saturated carbocycles. The van der Waals surface area contributed by atoms with Gasteiger partial charge in [0.05, 0.1) is 16.8 Å². The van der Waals surface area contributed by atoms with Crippen LogP contribution in [0.3, 0.4) is 0 Å². The predicted octanol–water partition coefficient (Wildman–Crippen LogP) is 6.52. The SMILES string of the molecule is Cc1c(C(=O)c2ccccc2)c2c3ccccc3ccn2c1C(=O)c1ccc(Cl)cc1. The number of halogens is 1. The van der Waals surface area contributed by atoms with E-state index in [2.05, 4.69) is 0 Å². The summed E-state index contributed by atoms with van der Waals surface area (Å²) in [6, 6.07) is 25.9. The Labute approximate surface area is 184 Å². The van der Waals surface area contributed by atoms with E-state index in [-0.39, 0.29) is 11.6 Å². The van der Waals surface area contributed by atoms with Crippen LogP contribution in [0.15, 0.2) is 91.1 Å². The highest BCUT2D eigenvalue weighted by molar-refractivity contribution is 6.30. The van der Waals surface area contributed by atoms with Crippen LogP contribution in [-0.2, 0) is 0 Å². The molecule has 0 saturated heterocycles. The molecule has 3 aromatic carbocycles. The van der Waals surface area contributed by atoms with Crippen LogP contribution in [-0.4, -0.2) is 16.0 Å². The van der Waals surface area contributed by atoms with Gasteiger partial charge >= 0.3 is 0 Å². The average molecular weight is 424 g/mol. The topological polar surface area (TPSA) is 38.5 Å². The summed E-state index contributed by atoms with van der Waals surface area (Å²) in [5.74, 6) is -0.242. The van der Waals surface area contributed by atoms with Crippen molar-refractivity contribution < 1.29 is 9.59 Å². The average Bonchev–Trinajstić information content (AvgIpc) is 3.11. The van der Waals surface area contributed by atoms with Crippen molar-refractivity contribution in [1.82, 2.24) is 4.40 Å². The lowest BCUT2D eigenvalue weighted by molar-refractivity contribution is 0.103. The van der Waals surface area contributed by atoms with Gasteiger partial charge in [0.2, 0.25) is 5.78 Å². The Morgan fingerprint density at radius 1 is 0.742 bits per heavy atom. The van der Waals surface area contributed by atoms with Crippen LogP contribution < -0.4 is 0 Å². The van der Waals surface area contributed by atoms with E-state index >= 15 is 0 Å². The van der Waals surface area contributed by atoms with E-state index in [4.69, 9.17) is 11.6 Å². The summed E-state index contributed by atoms with van der Waals surface area (Å²) in [6.07, 6.45) is 1.87. The fourth-order valence-electron chi connectivity index (χ4n) is 4.16. The van der Waals surface area contributed by atoms with E-state index in [9.17, 15) is 9.59 Å². The Bertz CT molecular complexity index is 1460. The van der Waals surface area contributed by atoms with E-state index < -0.39 is 0 Å². The van der Waals surface area contributed by atoms with Crippen LogP contribution in [0.25, 0.3) is 16.3 Å². The molecule has 0 radical (unpaired) electrons. The van der Waals surface area contributed by atoms with Crippen molar-refractivity contribution in [3.63, 3.8) is 0 Å². The van der Waals surface area contributed by atoms with Gasteiger partial charge in [-0.05, 0) is 48.2 Å². The quantitative estimate of drug-likeness (QED) is 0.309. The van der Waals surface area contributed by atoms with Crippen LogP contribution in [0, 0.1) is 6.92 Å². The summed E-state index contributed by atoms with van der Waals surface area (Å²) in [7, 11) is 0. The van der Waals surface area contributed by atoms with Crippen LogP contribution >= 0.6 is 11.6 Å². The lowest BCUT2D eigenvalue weighted by Crippen LogP contribution is -2.07. The van der Waals surface area contributed by atoms with Gasteiger partial charge < -0.3 is 4.40 Å². The third-order valence-corrected chi connectivity index (χ3v) is 5.90. The van der Waals surface area contributed by atoms with Gasteiger partial charge in [-0.2, -0.15) is 0 Å². The lowest BCUT2D eigenvalue weighted by Gasteiger charge is -2.07. The molecular weight excluding hydrogens is 406 g/mol. The van der Waals surface area contributed by atoms with Gasteiger partial charge in [0.1, 0.15) is 0 Å². The summed E-state index contributed by atoms with van der Waals surface area (Å²) >= 11 is 6.01. The number of benzene rings is 3. The normalized spacial score (nSPS) is 11.2. The summed E-state index contributed by atoms with van der Waals surface area (Å²) < 4.78 is 1.85. The summed E-state index contributed by atoms with van der Waals surface area (Å²) in [5.41, 5.74) is 3.59. The highest BCUT2D eigenvalue weighted by Gasteiger charge is 2.27. The number of fused-ring (bicyclic) bond motifs is 3. The standard InChI is InChI=1S/C27H18ClNO2/c1-17-23(26(30)19-8-3-2-4-9-19)25-22-10-6-5-7-18(22)15-16-29(25)24(17)27(31)20-11-13-21(28)14-12-20/h2-16H,1H3. The van der Waals surface area contributed by atoms with E-state index in [1.807, 2.05) is 66.1 Å². The monoisotopic (exact) mass is 423 g/mol. The highest BCUT2D eigenvalue weighted by Crippen LogP contribution is 2.32. The van der Waals surface area contributed by atoms with Gasteiger partial charge in [-0.25, -0.2) is 0 Å². The number of hydrogen-bond acceptors (Lipinski definition) is 2. The summed E-state index contributed by atoms with van der Waals surface area (Å²) in [4.78, 5) is 27.1. The van der Waals surface area contributed by atoms with E-state index in [1.54, 1.807) is 36.4 Å². The van der Waals surface area contributed by atoms with Gasteiger partial charge in [-0.15, -0.1) is 0 Å². The Morgan fingerprint density at radius 3 is 2.13 bits per heavy atom. The zero-order valence-electron chi connectivity index (χ0n) is 16.8. The number of ketones is 2. The Kier molecular flexibility index (Phi) is 4.68. The molecule has 0 N–H and O–H groups in total. The first kappa shape index (κ1) is 19.3. The second-order valence-corrected chi connectivity index (χ2v) is 7.94. The van der Waals surface area contributed by atoms with Crippen molar-refractivity contribution >= 4 is 39.5 Å². The molecule has 0 spiro atoms. The molecule has 0 fully saturated rings. The molecule has 2 heterocycles. The summed E-state index contributed by atoms with van der Waals surface area (Å²) in [5, 5.41) is 2.52. The van der Waals surface area contributed by atoms with E-state index in [0.29, 0.717) is 33.0 Å². The van der Waals surface area contributed by atoms with Crippen molar-refractivity contribution in [2.75, 3.05) is 0 Å². The third-order valence-electron chi connectivity index (χ3n) is 5.65. The smallest absolute Gasteiger partial charge is 0.210 e. The van der Waals surface area contributed by atoms with Crippen molar-refractivity contribution in [1.29, 1.82) is 0 Å². The molecule has 0 aliphatic carbocycles.